The Hall–Kier alpha value is -2.62. The summed E-state index contributed by atoms with van der Waals surface area (Å²) in [5.41, 5.74) is 2.14. The Balaban J connectivity index is 1.61. The third kappa shape index (κ3) is 5.23. The number of sulfonamides is 1. The Morgan fingerprint density at radius 2 is 1.83 bits per heavy atom. The van der Waals surface area contributed by atoms with E-state index in [0.29, 0.717) is 52.5 Å². The zero-order valence-electron chi connectivity index (χ0n) is 21.6. The van der Waals surface area contributed by atoms with Gasteiger partial charge in [0.05, 0.1) is 37.0 Å². The first-order valence-electron chi connectivity index (χ1n) is 12.3. The zero-order valence-corrected chi connectivity index (χ0v) is 22.4. The van der Waals surface area contributed by atoms with Gasteiger partial charge < -0.3 is 19.5 Å². The molecule has 1 heterocycles. The van der Waals surface area contributed by atoms with Crippen LogP contribution in [0, 0.1) is 30.6 Å². The summed E-state index contributed by atoms with van der Waals surface area (Å²) in [6.07, 6.45) is 0. The van der Waals surface area contributed by atoms with Crippen molar-refractivity contribution in [1.29, 1.82) is 0 Å². The van der Waals surface area contributed by atoms with Gasteiger partial charge in [-0.3, -0.25) is 9.10 Å². The number of aliphatic hydroxyl groups is 1. The van der Waals surface area contributed by atoms with Crippen LogP contribution < -0.4 is 9.04 Å². The minimum Gasteiger partial charge on any atom is -0.493 e. The first-order valence-corrected chi connectivity index (χ1v) is 13.8. The quantitative estimate of drug-likeness (QED) is 0.521. The lowest BCUT2D eigenvalue weighted by molar-refractivity contribution is 0.0827. The van der Waals surface area contributed by atoms with Gasteiger partial charge in [-0.1, -0.05) is 13.8 Å². The number of nitrogens with zero attached hydrogens (tertiary/aromatic N) is 2. The van der Waals surface area contributed by atoms with E-state index < -0.39 is 10.0 Å². The lowest BCUT2D eigenvalue weighted by Gasteiger charge is -2.28. The third-order valence-electron chi connectivity index (χ3n) is 7.00. The lowest BCUT2D eigenvalue weighted by atomic mass is 10.1. The Labute approximate surface area is 213 Å². The molecule has 8 nitrogen and oxygen atoms in total. The number of carbonyl (C=O) groups excluding carboxylic acids is 1. The number of rotatable bonds is 10. The molecule has 1 N–H and O–H groups in total. The molecule has 1 saturated carbocycles. The largest absolute Gasteiger partial charge is 0.493 e. The third-order valence-corrected chi connectivity index (χ3v) is 8.78. The van der Waals surface area contributed by atoms with E-state index in [1.165, 1.54) is 21.3 Å². The van der Waals surface area contributed by atoms with Crippen molar-refractivity contribution in [2.75, 3.05) is 44.8 Å². The van der Waals surface area contributed by atoms with Crippen molar-refractivity contribution in [3.8, 4) is 5.75 Å². The lowest BCUT2D eigenvalue weighted by Crippen LogP contribution is -2.35. The molecular formula is C27H36N2O6S. The molecule has 9 heteroatoms. The monoisotopic (exact) mass is 516 g/mol. The van der Waals surface area contributed by atoms with Crippen LogP contribution in [0.4, 0.5) is 5.69 Å². The fourth-order valence-corrected chi connectivity index (χ4v) is 6.63. The van der Waals surface area contributed by atoms with Gasteiger partial charge in [0.15, 0.2) is 0 Å². The molecule has 36 heavy (non-hydrogen) atoms. The Morgan fingerprint density at radius 1 is 1.14 bits per heavy atom. The number of benzene rings is 2. The van der Waals surface area contributed by atoms with Crippen LogP contribution in [0.25, 0.3) is 0 Å². The highest BCUT2D eigenvalue weighted by Crippen LogP contribution is 2.50. The number of amides is 1. The maximum atomic E-state index is 13.8. The Kier molecular flexibility index (Phi) is 7.64. The predicted molar refractivity (Wildman–Crippen MR) is 138 cm³/mol. The second kappa shape index (κ2) is 10.4. The van der Waals surface area contributed by atoms with Crippen LogP contribution in [0.15, 0.2) is 41.3 Å². The van der Waals surface area contributed by atoms with Crippen molar-refractivity contribution in [2.24, 2.45) is 23.7 Å². The molecule has 1 saturated heterocycles. The Morgan fingerprint density at radius 3 is 2.42 bits per heavy atom. The molecule has 2 aromatic carbocycles. The van der Waals surface area contributed by atoms with Crippen molar-refractivity contribution >= 4 is 21.6 Å². The molecule has 2 fully saturated rings. The van der Waals surface area contributed by atoms with Crippen molar-refractivity contribution in [3.05, 3.63) is 53.1 Å². The molecule has 2 aromatic rings. The van der Waals surface area contributed by atoms with E-state index in [-0.39, 0.29) is 29.9 Å². The molecule has 0 spiro atoms. The number of hydrogen-bond acceptors (Lipinski definition) is 6. The van der Waals surface area contributed by atoms with E-state index in [0.717, 1.165) is 13.2 Å². The number of carbonyl (C=O) groups is 1. The summed E-state index contributed by atoms with van der Waals surface area (Å²) >= 11 is 0. The summed E-state index contributed by atoms with van der Waals surface area (Å²) in [7, 11) is -0.590. The number of aliphatic hydroxyl groups excluding tert-OH is 1. The highest BCUT2D eigenvalue weighted by atomic mass is 32.2. The van der Waals surface area contributed by atoms with Crippen LogP contribution in [0.5, 0.6) is 5.75 Å². The molecular weight excluding hydrogens is 480 g/mol. The highest BCUT2D eigenvalue weighted by Gasteiger charge is 2.54. The first-order chi connectivity index (χ1) is 17.0. The van der Waals surface area contributed by atoms with E-state index in [9.17, 15) is 18.3 Å². The van der Waals surface area contributed by atoms with Crippen molar-refractivity contribution in [1.82, 2.24) is 4.90 Å². The average Bonchev–Trinajstić information content (AvgIpc) is 3.26. The molecule has 196 valence electrons. The van der Waals surface area contributed by atoms with Crippen LogP contribution in [0.1, 0.15) is 35.3 Å². The van der Waals surface area contributed by atoms with Gasteiger partial charge in [0.25, 0.3) is 15.9 Å². The van der Waals surface area contributed by atoms with Crippen LogP contribution in [-0.2, 0) is 21.4 Å². The van der Waals surface area contributed by atoms with Gasteiger partial charge in [-0.05, 0) is 66.6 Å². The van der Waals surface area contributed by atoms with Gasteiger partial charge in [-0.15, -0.1) is 0 Å². The molecule has 0 aromatic heterocycles. The molecule has 1 amide bonds. The highest BCUT2D eigenvalue weighted by molar-refractivity contribution is 7.92. The van der Waals surface area contributed by atoms with Crippen molar-refractivity contribution in [3.63, 3.8) is 0 Å². The number of hydrogen-bond donors (Lipinski definition) is 1. The van der Waals surface area contributed by atoms with Gasteiger partial charge in [0.1, 0.15) is 5.75 Å². The normalized spacial score (nSPS) is 20.8. The van der Waals surface area contributed by atoms with E-state index in [1.54, 1.807) is 45.3 Å². The minimum absolute atomic E-state index is 0.0594. The maximum absolute atomic E-state index is 13.8. The Bertz CT molecular complexity index is 1220. The molecule has 2 atom stereocenters. The standard InChI is InChI=1S/C27H36N2O6S/c1-17(2)12-29(25-8-6-19(10-18(25)3)27(31)28(4)5)36(32,33)21-7-9-26(20(11-21)13-30)35-16-24-22-14-34-15-23(22)24/h6-11,17,22-24,30H,12-16H2,1-5H3. The summed E-state index contributed by atoms with van der Waals surface area (Å²) in [4.78, 5) is 14.0. The van der Waals surface area contributed by atoms with Gasteiger partial charge in [0, 0.05) is 37.7 Å². The van der Waals surface area contributed by atoms with Crippen molar-refractivity contribution < 1.29 is 27.8 Å². The van der Waals surface area contributed by atoms with Crippen LogP contribution >= 0.6 is 0 Å². The molecule has 1 aliphatic heterocycles. The van der Waals surface area contributed by atoms with Gasteiger partial charge in [-0.25, -0.2) is 8.42 Å². The summed E-state index contributed by atoms with van der Waals surface area (Å²) in [6.45, 7) is 7.74. The fourth-order valence-electron chi connectivity index (χ4n) is 4.88. The second-order valence-corrected chi connectivity index (χ2v) is 12.3. The second-order valence-electron chi connectivity index (χ2n) is 10.4. The summed E-state index contributed by atoms with van der Waals surface area (Å²) < 4.78 is 40.5. The molecule has 2 aliphatic rings. The van der Waals surface area contributed by atoms with E-state index >= 15 is 0 Å². The van der Waals surface area contributed by atoms with Crippen LogP contribution in [0.2, 0.25) is 0 Å². The summed E-state index contributed by atoms with van der Waals surface area (Å²) in [5.74, 6) is 1.97. The SMILES string of the molecule is Cc1cc(C(=O)N(C)C)ccc1N(CC(C)C)S(=O)(=O)c1ccc(OCC2C3COCC32)c(CO)c1. The number of aryl methyl sites for hydroxylation is 1. The van der Waals surface area contributed by atoms with Gasteiger partial charge in [-0.2, -0.15) is 0 Å². The minimum atomic E-state index is -3.95. The van der Waals surface area contributed by atoms with E-state index in [4.69, 9.17) is 9.47 Å². The van der Waals surface area contributed by atoms with E-state index in [1.807, 2.05) is 13.8 Å². The number of anilines is 1. The van der Waals surface area contributed by atoms with E-state index in [2.05, 4.69) is 0 Å². The maximum Gasteiger partial charge on any atom is 0.264 e. The van der Waals surface area contributed by atoms with Gasteiger partial charge >= 0.3 is 0 Å². The summed E-state index contributed by atoms with van der Waals surface area (Å²) in [5, 5.41) is 9.98. The average molecular weight is 517 g/mol. The first kappa shape index (κ1) is 26.4. The zero-order chi connectivity index (χ0) is 26.2. The number of ether oxygens (including phenoxy) is 2. The molecule has 0 bridgehead atoms. The van der Waals surface area contributed by atoms with Crippen molar-refractivity contribution in [2.45, 2.75) is 32.3 Å². The predicted octanol–water partition coefficient (Wildman–Crippen LogP) is 3.31. The van der Waals surface area contributed by atoms with Gasteiger partial charge in [0.2, 0.25) is 0 Å². The number of fused-ring (bicyclic) bond motifs is 1. The molecule has 4 rings (SSSR count). The molecule has 0 radical (unpaired) electrons. The fraction of sp³-hybridized carbons (Fsp3) is 0.519. The molecule has 2 unspecified atom stereocenters. The summed E-state index contributed by atoms with van der Waals surface area (Å²) in [6, 6.07) is 9.72. The smallest absolute Gasteiger partial charge is 0.264 e. The van der Waals surface area contributed by atoms with Crippen LogP contribution in [-0.4, -0.2) is 64.8 Å². The van der Waals surface area contributed by atoms with Crippen LogP contribution in [0.3, 0.4) is 0 Å². The molecule has 1 aliphatic carbocycles. The topological polar surface area (TPSA) is 96.4 Å².